The van der Waals surface area contributed by atoms with E-state index in [1.165, 1.54) is 11.3 Å². The van der Waals surface area contributed by atoms with Crippen LogP contribution in [0.5, 0.6) is 0 Å². The topological polar surface area (TPSA) is 45.2 Å². The summed E-state index contributed by atoms with van der Waals surface area (Å²) in [4.78, 5) is 19.5. The number of aromatic nitrogens is 1. The van der Waals surface area contributed by atoms with Crippen LogP contribution in [0.4, 0.5) is 11.4 Å². The first kappa shape index (κ1) is 17.3. The Kier molecular flexibility index (Phi) is 4.63. The lowest BCUT2D eigenvalue weighted by Crippen LogP contribution is -2.22. The van der Waals surface area contributed by atoms with Gasteiger partial charge in [-0.05, 0) is 55.7 Å². The highest BCUT2D eigenvalue weighted by Gasteiger charge is 2.20. The monoisotopic (exact) mass is 357 g/mol. The van der Waals surface area contributed by atoms with Gasteiger partial charge < -0.3 is 10.2 Å². The third kappa shape index (κ3) is 3.56. The summed E-state index contributed by atoms with van der Waals surface area (Å²) in [7, 11) is 0. The largest absolute Gasteiger partial charge is 0.367 e. The summed E-state index contributed by atoms with van der Waals surface area (Å²) < 4.78 is 0. The minimum absolute atomic E-state index is 0.116. The normalized spacial score (nSPS) is 12.7. The van der Waals surface area contributed by atoms with Crippen molar-refractivity contribution in [3.63, 3.8) is 0 Å². The highest BCUT2D eigenvalue weighted by molar-refractivity contribution is 6.05. The van der Waals surface area contributed by atoms with Gasteiger partial charge in [0.1, 0.15) is 0 Å². The number of aryl methyl sites for hydroxylation is 2. The van der Waals surface area contributed by atoms with E-state index < -0.39 is 0 Å². The summed E-state index contributed by atoms with van der Waals surface area (Å²) in [5.41, 5.74) is 6.92. The van der Waals surface area contributed by atoms with Crippen molar-refractivity contribution in [1.82, 2.24) is 4.98 Å². The van der Waals surface area contributed by atoms with Gasteiger partial charge in [0, 0.05) is 30.2 Å². The van der Waals surface area contributed by atoms with Gasteiger partial charge in [-0.1, -0.05) is 36.4 Å². The predicted molar refractivity (Wildman–Crippen MR) is 109 cm³/mol. The number of pyridine rings is 1. The first-order chi connectivity index (χ1) is 13.1. The minimum atomic E-state index is -0.116. The molecule has 4 nitrogen and oxygen atoms in total. The van der Waals surface area contributed by atoms with Gasteiger partial charge in [-0.15, -0.1) is 0 Å². The van der Waals surface area contributed by atoms with Crippen LogP contribution in [0.25, 0.3) is 0 Å². The van der Waals surface area contributed by atoms with Crippen LogP contribution in [-0.4, -0.2) is 17.4 Å². The molecule has 1 amide bonds. The Labute approximate surface area is 159 Å². The number of hydrogen-bond donors (Lipinski definition) is 1. The molecule has 27 heavy (non-hydrogen) atoms. The van der Waals surface area contributed by atoms with E-state index >= 15 is 0 Å². The van der Waals surface area contributed by atoms with E-state index in [4.69, 9.17) is 0 Å². The average Bonchev–Trinajstić information content (AvgIpc) is 3.06. The summed E-state index contributed by atoms with van der Waals surface area (Å²) in [5, 5.41) is 3.08. The predicted octanol–water partition coefficient (Wildman–Crippen LogP) is 4.51. The Morgan fingerprint density at radius 2 is 1.81 bits per heavy atom. The van der Waals surface area contributed by atoms with Crippen molar-refractivity contribution >= 4 is 17.3 Å². The van der Waals surface area contributed by atoms with Gasteiger partial charge in [-0.2, -0.15) is 0 Å². The summed E-state index contributed by atoms with van der Waals surface area (Å²) in [6.07, 6.45) is 1.07. The van der Waals surface area contributed by atoms with E-state index in [1.807, 2.05) is 44.2 Å². The van der Waals surface area contributed by atoms with Crippen molar-refractivity contribution in [2.75, 3.05) is 16.8 Å². The molecular formula is C23H23N3O. The smallest absolute Gasteiger partial charge is 0.257 e. The van der Waals surface area contributed by atoms with Crippen molar-refractivity contribution in [2.45, 2.75) is 26.8 Å². The van der Waals surface area contributed by atoms with Gasteiger partial charge in [-0.3, -0.25) is 9.78 Å². The van der Waals surface area contributed by atoms with E-state index in [9.17, 15) is 4.79 Å². The number of carbonyl (C=O) groups is 1. The third-order valence-corrected chi connectivity index (χ3v) is 5.08. The second-order valence-corrected chi connectivity index (χ2v) is 7.00. The Balaban J connectivity index is 1.56. The number of rotatable bonds is 4. The fourth-order valence-electron chi connectivity index (χ4n) is 3.67. The lowest BCUT2D eigenvalue weighted by atomic mass is 10.1. The maximum Gasteiger partial charge on any atom is 0.257 e. The molecule has 0 unspecified atom stereocenters. The van der Waals surface area contributed by atoms with E-state index in [-0.39, 0.29) is 5.91 Å². The fraction of sp³-hybridized carbons (Fsp3) is 0.217. The second-order valence-electron chi connectivity index (χ2n) is 7.00. The fourth-order valence-corrected chi connectivity index (χ4v) is 3.67. The molecule has 1 aromatic heterocycles. The summed E-state index contributed by atoms with van der Waals surface area (Å²) in [6, 6.07) is 20.3. The number of anilines is 2. The quantitative estimate of drug-likeness (QED) is 0.747. The lowest BCUT2D eigenvalue weighted by molar-refractivity contribution is 0.102. The maximum atomic E-state index is 12.8. The summed E-state index contributed by atoms with van der Waals surface area (Å²) in [5.74, 6) is -0.116. The molecule has 4 rings (SSSR count). The van der Waals surface area contributed by atoms with Crippen LogP contribution >= 0.6 is 0 Å². The van der Waals surface area contributed by atoms with Gasteiger partial charge >= 0.3 is 0 Å². The Morgan fingerprint density at radius 1 is 1.04 bits per heavy atom. The molecule has 2 aromatic carbocycles. The van der Waals surface area contributed by atoms with Crippen LogP contribution in [-0.2, 0) is 13.0 Å². The zero-order chi connectivity index (χ0) is 18.8. The standard InChI is InChI=1S/C23H23N3O/c1-16-11-12-20(17(2)24-16)23(27)25-21-9-5-3-8-19(21)15-26-14-13-18-7-4-6-10-22(18)26/h3-12H,13-15H2,1-2H3,(H,25,27). The highest BCUT2D eigenvalue weighted by atomic mass is 16.1. The average molecular weight is 357 g/mol. The number of fused-ring (bicyclic) bond motifs is 1. The van der Waals surface area contributed by atoms with Crippen molar-refractivity contribution in [2.24, 2.45) is 0 Å². The first-order valence-electron chi connectivity index (χ1n) is 9.28. The number of benzene rings is 2. The summed E-state index contributed by atoms with van der Waals surface area (Å²) in [6.45, 7) is 5.58. The molecule has 136 valence electrons. The van der Waals surface area contributed by atoms with Crippen LogP contribution in [0, 0.1) is 13.8 Å². The van der Waals surface area contributed by atoms with Crippen LogP contribution in [0.1, 0.15) is 32.9 Å². The Morgan fingerprint density at radius 3 is 2.67 bits per heavy atom. The molecule has 0 radical (unpaired) electrons. The molecule has 0 atom stereocenters. The van der Waals surface area contributed by atoms with E-state index in [2.05, 4.69) is 45.5 Å². The van der Waals surface area contributed by atoms with Crippen LogP contribution in [0.3, 0.4) is 0 Å². The molecule has 0 saturated heterocycles. The number of nitrogens with one attached hydrogen (secondary N) is 1. The molecule has 4 heteroatoms. The van der Waals surface area contributed by atoms with E-state index in [1.54, 1.807) is 0 Å². The summed E-state index contributed by atoms with van der Waals surface area (Å²) >= 11 is 0. The maximum absolute atomic E-state index is 12.8. The van der Waals surface area contributed by atoms with Crippen LogP contribution in [0.2, 0.25) is 0 Å². The van der Waals surface area contributed by atoms with Crippen molar-refractivity contribution < 1.29 is 4.79 Å². The van der Waals surface area contributed by atoms with E-state index in [0.717, 1.165) is 42.1 Å². The molecule has 2 heterocycles. The number of hydrogen-bond acceptors (Lipinski definition) is 3. The molecule has 0 spiro atoms. The third-order valence-electron chi connectivity index (χ3n) is 5.08. The van der Waals surface area contributed by atoms with Crippen molar-refractivity contribution in [3.05, 3.63) is 88.7 Å². The van der Waals surface area contributed by atoms with Crippen molar-refractivity contribution in [1.29, 1.82) is 0 Å². The van der Waals surface area contributed by atoms with Gasteiger partial charge in [0.05, 0.1) is 11.3 Å². The minimum Gasteiger partial charge on any atom is -0.367 e. The van der Waals surface area contributed by atoms with Gasteiger partial charge in [0.2, 0.25) is 0 Å². The van der Waals surface area contributed by atoms with Crippen LogP contribution in [0.15, 0.2) is 60.7 Å². The molecular weight excluding hydrogens is 334 g/mol. The Bertz CT molecular complexity index is 996. The molecule has 0 fully saturated rings. The molecule has 1 aliphatic heterocycles. The van der Waals surface area contributed by atoms with Gasteiger partial charge in [-0.25, -0.2) is 0 Å². The molecule has 1 N–H and O–H groups in total. The molecule has 3 aromatic rings. The first-order valence-corrected chi connectivity index (χ1v) is 9.28. The number of para-hydroxylation sites is 2. The molecule has 0 aliphatic carbocycles. The van der Waals surface area contributed by atoms with Crippen molar-refractivity contribution in [3.8, 4) is 0 Å². The molecule has 1 aliphatic rings. The number of nitrogens with zero attached hydrogens (tertiary/aromatic N) is 2. The lowest BCUT2D eigenvalue weighted by Gasteiger charge is -2.21. The van der Waals surface area contributed by atoms with Gasteiger partial charge in [0.15, 0.2) is 0 Å². The SMILES string of the molecule is Cc1ccc(C(=O)Nc2ccccc2CN2CCc3ccccc32)c(C)n1. The molecule has 0 bridgehead atoms. The highest BCUT2D eigenvalue weighted by Crippen LogP contribution is 2.30. The van der Waals surface area contributed by atoms with E-state index in [0.29, 0.717) is 5.56 Å². The van der Waals surface area contributed by atoms with Crippen LogP contribution < -0.4 is 10.2 Å². The second kappa shape index (κ2) is 7.23. The van der Waals surface area contributed by atoms with Gasteiger partial charge in [0.25, 0.3) is 5.91 Å². The zero-order valence-electron chi connectivity index (χ0n) is 15.7. The number of carbonyl (C=O) groups excluding carboxylic acids is 1. The molecule has 0 saturated carbocycles. The zero-order valence-corrected chi connectivity index (χ0v) is 15.7. The Hall–Kier alpha value is -3.14. The number of amides is 1.